The Morgan fingerprint density at radius 1 is 1.05 bits per heavy atom. The average molecular weight is 264 g/mol. The number of fused-ring (bicyclic) bond motifs is 1. The molecule has 1 amide bonds. The lowest BCUT2D eigenvalue weighted by Crippen LogP contribution is -2.11. The molecule has 3 nitrogen and oxygen atoms in total. The maximum absolute atomic E-state index is 11.0. The highest BCUT2D eigenvalue weighted by molar-refractivity contribution is 5.86. The van der Waals surface area contributed by atoms with E-state index in [0.29, 0.717) is 12.8 Å². The number of carbonyl (C=O) groups is 1. The van der Waals surface area contributed by atoms with Crippen LogP contribution < -0.4 is 5.73 Å². The SMILES string of the molecule is NC(=O)CCc1ccccc1-c1cc2ccccc2[nH]1. The number of hydrogen-bond acceptors (Lipinski definition) is 1. The molecule has 3 N–H and O–H groups in total. The molecule has 0 saturated carbocycles. The Hall–Kier alpha value is -2.55. The first-order valence-electron chi connectivity index (χ1n) is 6.68. The van der Waals surface area contributed by atoms with E-state index in [1.807, 2.05) is 30.3 Å². The number of hydrogen-bond donors (Lipinski definition) is 2. The highest BCUT2D eigenvalue weighted by atomic mass is 16.1. The van der Waals surface area contributed by atoms with Crippen molar-refractivity contribution in [2.24, 2.45) is 5.73 Å². The van der Waals surface area contributed by atoms with Gasteiger partial charge in [-0.15, -0.1) is 0 Å². The Morgan fingerprint density at radius 2 is 1.80 bits per heavy atom. The standard InChI is InChI=1S/C17H16N2O/c18-17(20)10-9-12-5-1-3-7-14(12)16-11-13-6-2-4-8-15(13)19-16/h1-8,11,19H,9-10H2,(H2,18,20). The molecular formula is C17H16N2O. The van der Waals surface area contributed by atoms with Crippen LogP contribution in [0.3, 0.4) is 0 Å². The fourth-order valence-electron chi connectivity index (χ4n) is 2.48. The molecule has 0 radical (unpaired) electrons. The third kappa shape index (κ3) is 2.43. The van der Waals surface area contributed by atoms with Gasteiger partial charge in [-0.25, -0.2) is 0 Å². The second-order valence-corrected chi connectivity index (χ2v) is 4.89. The molecule has 0 unspecified atom stereocenters. The third-order valence-corrected chi connectivity index (χ3v) is 3.48. The zero-order valence-electron chi connectivity index (χ0n) is 11.1. The van der Waals surface area contributed by atoms with Gasteiger partial charge in [0, 0.05) is 28.6 Å². The van der Waals surface area contributed by atoms with Crippen LogP contribution in [0.4, 0.5) is 0 Å². The number of nitrogens with two attached hydrogens (primary N) is 1. The monoisotopic (exact) mass is 264 g/mol. The molecule has 0 fully saturated rings. The lowest BCUT2D eigenvalue weighted by molar-refractivity contribution is -0.117. The van der Waals surface area contributed by atoms with Gasteiger partial charge in [0.15, 0.2) is 0 Å². The first-order chi connectivity index (χ1) is 9.74. The van der Waals surface area contributed by atoms with Crippen molar-refractivity contribution in [2.75, 3.05) is 0 Å². The Labute approximate surface area is 117 Å². The van der Waals surface area contributed by atoms with Crippen LogP contribution in [-0.4, -0.2) is 10.9 Å². The molecule has 2 aromatic carbocycles. The maximum Gasteiger partial charge on any atom is 0.217 e. The normalized spacial score (nSPS) is 10.8. The molecule has 3 heteroatoms. The van der Waals surface area contributed by atoms with E-state index in [-0.39, 0.29) is 5.91 Å². The van der Waals surface area contributed by atoms with Gasteiger partial charge in [-0.1, -0.05) is 42.5 Å². The third-order valence-electron chi connectivity index (χ3n) is 3.48. The van der Waals surface area contributed by atoms with E-state index in [1.54, 1.807) is 0 Å². The summed E-state index contributed by atoms with van der Waals surface area (Å²) < 4.78 is 0. The van der Waals surface area contributed by atoms with Crippen LogP contribution in [0.15, 0.2) is 54.6 Å². The number of nitrogens with one attached hydrogen (secondary N) is 1. The van der Waals surface area contributed by atoms with Gasteiger partial charge >= 0.3 is 0 Å². The molecule has 0 atom stereocenters. The predicted octanol–water partition coefficient (Wildman–Crippen LogP) is 3.25. The number of benzene rings is 2. The van der Waals surface area contributed by atoms with Crippen LogP contribution in [0, 0.1) is 0 Å². The maximum atomic E-state index is 11.0. The summed E-state index contributed by atoms with van der Waals surface area (Å²) in [4.78, 5) is 14.4. The molecular weight excluding hydrogens is 248 g/mol. The van der Waals surface area contributed by atoms with Crippen molar-refractivity contribution in [1.29, 1.82) is 0 Å². The second-order valence-electron chi connectivity index (χ2n) is 4.89. The van der Waals surface area contributed by atoms with Crippen molar-refractivity contribution < 1.29 is 4.79 Å². The molecule has 0 aliphatic carbocycles. The van der Waals surface area contributed by atoms with E-state index in [1.165, 1.54) is 5.39 Å². The van der Waals surface area contributed by atoms with E-state index < -0.39 is 0 Å². The predicted molar refractivity (Wildman–Crippen MR) is 81.3 cm³/mol. The number of primary amides is 1. The molecule has 0 spiro atoms. The van der Waals surface area contributed by atoms with Crippen molar-refractivity contribution in [1.82, 2.24) is 4.98 Å². The molecule has 0 saturated heterocycles. The first kappa shape index (κ1) is 12.5. The summed E-state index contributed by atoms with van der Waals surface area (Å²) in [6, 6.07) is 18.4. The van der Waals surface area contributed by atoms with Crippen molar-refractivity contribution >= 4 is 16.8 Å². The minimum Gasteiger partial charge on any atom is -0.370 e. The highest BCUT2D eigenvalue weighted by Crippen LogP contribution is 2.27. The molecule has 0 aliphatic rings. The van der Waals surface area contributed by atoms with E-state index in [4.69, 9.17) is 5.73 Å². The molecule has 100 valence electrons. The molecule has 0 aliphatic heterocycles. The number of aromatic nitrogens is 1. The lowest BCUT2D eigenvalue weighted by Gasteiger charge is -2.06. The minimum atomic E-state index is -0.267. The van der Waals surface area contributed by atoms with E-state index >= 15 is 0 Å². The number of amides is 1. The van der Waals surface area contributed by atoms with Gasteiger partial charge in [0.1, 0.15) is 0 Å². The van der Waals surface area contributed by atoms with Gasteiger partial charge in [0.05, 0.1) is 0 Å². The van der Waals surface area contributed by atoms with Gasteiger partial charge in [0.2, 0.25) is 5.91 Å². The summed E-state index contributed by atoms with van der Waals surface area (Å²) in [5.74, 6) is -0.267. The quantitative estimate of drug-likeness (QED) is 0.746. The summed E-state index contributed by atoms with van der Waals surface area (Å²) >= 11 is 0. The number of H-pyrrole nitrogens is 1. The number of rotatable bonds is 4. The second kappa shape index (κ2) is 5.21. The fourth-order valence-corrected chi connectivity index (χ4v) is 2.48. The van der Waals surface area contributed by atoms with Crippen molar-refractivity contribution in [2.45, 2.75) is 12.8 Å². The molecule has 1 aromatic heterocycles. The topological polar surface area (TPSA) is 58.9 Å². The zero-order valence-corrected chi connectivity index (χ0v) is 11.1. The Kier molecular flexibility index (Phi) is 3.25. The number of para-hydroxylation sites is 1. The molecule has 1 heterocycles. The Balaban J connectivity index is 2.02. The van der Waals surface area contributed by atoms with E-state index in [2.05, 4.69) is 29.2 Å². The Morgan fingerprint density at radius 3 is 2.60 bits per heavy atom. The zero-order chi connectivity index (χ0) is 13.9. The van der Waals surface area contributed by atoms with Crippen LogP contribution in [0.2, 0.25) is 0 Å². The van der Waals surface area contributed by atoms with Gasteiger partial charge < -0.3 is 10.7 Å². The van der Waals surface area contributed by atoms with Crippen molar-refractivity contribution in [3.63, 3.8) is 0 Å². The lowest BCUT2D eigenvalue weighted by atomic mass is 10.0. The van der Waals surface area contributed by atoms with Crippen LogP contribution in [0.5, 0.6) is 0 Å². The smallest absolute Gasteiger partial charge is 0.217 e. The van der Waals surface area contributed by atoms with E-state index in [0.717, 1.165) is 22.3 Å². The van der Waals surface area contributed by atoms with Gasteiger partial charge in [-0.05, 0) is 24.1 Å². The molecule has 20 heavy (non-hydrogen) atoms. The summed E-state index contributed by atoms with van der Waals surface area (Å²) in [5.41, 5.74) is 9.70. The molecule has 3 aromatic rings. The number of aryl methyl sites for hydroxylation is 1. The van der Waals surface area contributed by atoms with Crippen LogP contribution in [0.1, 0.15) is 12.0 Å². The van der Waals surface area contributed by atoms with Gasteiger partial charge in [0.25, 0.3) is 0 Å². The molecule has 3 rings (SSSR count). The summed E-state index contributed by atoms with van der Waals surface area (Å²) in [5, 5.41) is 1.19. The number of carbonyl (C=O) groups excluding carboxylic acids is 1. The van der Waals surface area contributed by atoms with Crippen molar-refractivity contribution in [3.8, 4) is 11.3 Å². The van der Waals surface area contributed by atoms with Gasteiger partial charge in [-0.2, -0.15) is 0 Å². The van der Waals surface area contributed by atoms with Crippen molar-refractivity contribution in [3.05, 3.63) is 60.2 Å². The fraction of sp³-hybridized carbons (Fsp3) is 0.118. The summed E-state index contributed by atoms with van der Waals surface area (Å²) in [6.45, 7) is 0. The largest absolute Gasteiger partial charge is 0.370 e. The summed E-state index contributed by atoms with van der Waals surface area (Å²) in [6.07, 6.45) is 1.04. The Bertz CT molecular complexity index is 725. The van der Waals surface area contributed by atoms with Gasteiger partial charge in [-0.3, -0.25) is 4.79 Å². The molecule has 0 bridgehead atoms. The van der Waals surface area contributed by atoms with Crippen LogP contribution in [-0.2, 0) is 11.2 Å². The first-order valence-corrected chi connectivity index (χ1v) is 6.68. The average Bonchev–Trinajstić information content (AvgIpc) is 2.89. The summed E-state index contributed by atoms with van der Waals surface area (Å²) in [7, 11) is 0. The van der Waals surface area contributed by atoms with Crippen LogP contribution in [0.25, 0.3) is 22.2 Å². The minimum absolute atomic E-state index is 0.267. The highest BCUT2D eigenvalue weighted by Gasteiger charge is 2.08. The van der Waals surface area contributed by atoms with E-state index in [9.17, 15) is 4.79 Å². The number of aromatic amines is 1. The van der Waals surface area contributed by atoms with Crippen LogP contribution >= 0.6 is 0 Å².